The molecule has 100 valence electrons. The largest absolute Gasteiger partial charge is 0.476 e. The number of hydrogen-bond acceptors (Lipinski definition) is 7. The Morgan fingerprint density at radius 2 is 2.21 bits per heavy atom. The van der Waals surface area contributed by atoms with E-state index < -0.39 is 5.97 Å². The first-order valence-corrected chi connectivity index (χ1v) is 6.85. The minimum Gasteiger partial charge on any atom is -0.476 e. The van der Waals surface area contributed by atoms with Crippen molar-refractivity contribution in [3.8, 4) is 0 Å². The van der Waals surface area contributed by atoms with Crippen molar-refractivity contribution >= 4 is 39.7 Å². The van der Waals surface area contributed by atoms with E-state index >= 15 is 0 Å². The molecule has 4 N–H and O–H groups in total. The number of carbonyl (C=O) groups is 2. The zero-order chi connectivity index (χ0) is 14.0. The van der Waals surface area contributed by atoms with Crippen LogP contribution in [0.4, 0.5) is 5.13 Å². The van der Waals surface area contributed by atoms with Gasteiger partial charge < -0.3 is 16.2 Å². The van der Waals surface area contributed by atoms with Crippen LogP contribution in [-0.4, -0.2) is 27.0 Å². The molecular weight excluding hydrogens is 288 g/mol. The number of aromatic carboxylic acids is 1. The highest BCUT2D eigenvalue weighted by molar-refractivity contribution is 7.17. The van der Waals surface area contributed by atoms with Gasteiger partial charge in [0.15, 0.2) is 10.8 Å². The molecule has 2 heterocycles. The molecule has 0 aliphatic rings. The van der Waals surface area contributed by atoms with Gasteiger partial charge in [-0.25, -0.2) is 14.8 Å². The van der Waals surface area contributed by atoms with Crippen LogP contribution < -0.4 is 11.1 Å². The molecule has 0 aliphatic heterocycles. The molecule has 0 aliphatic carbocycles. The Labute approximate surface area is 116 Å². The Kier molecular flexibility index (Phi) is 3.76. The average molecular weight is 298 g/mol. The summed E-state index contributed by atoms with van der Waals surface area (Å²) in [6.45, 7) is 1.88. The Morgan fingerprint density at radius 3 is 2.74 bits per heavy atom. The number of anilines is 1. The van der Waals surface area contributed by atoms with Crippen LogP contribution in [0.5, 0.6) is 0 Å². The third kappa shape index (κ3) is 3.06. The fourth-order valence-electron chi connectivity index (χ4n) is 1.35. The lowest BCUT2D eigenvalue weighted by atomic mass is 10.4. The summed E-state index contributed by atoms with van der Waals surface area (Å²) in [6.07, 6.45) is 0. The van der Waals surface area contributed by atoms with E-state index in [-0.39, 0.29) is 18.1 Å². The standard InChI is InChI=1S/C10H10N4O3S2/c1-4-7(19-10(11)13-4)8(15)12-2-6-14-5(3-18-6)9(16)17/h3H,2H2,1H3,(H2,11,13)(H,12,15)(H,16,17). The summed E-state index contributed by atoms with van der Waals surface area (Å²) in [4.78, 5) is 30.8. The second-order valence-corrected chi connectivity index (χ2v) is 5.55. The van der Waals surface area contributed by atoms with Crippen molar-refractivity contribution < 1.29 is 14.7 Å². The average Bonchev–Trinajstić information content (AvgIpc) is 2.93. The first-order valence-electron chi connectivity index (χ1n) is 5.16. The number of nitrogens with two attached hydrogens (primary N) is 1. The number of aromatic nitrogens is 2. The Bertz CT molecular complexity index is 635. The Hall–Kier alpha value is -2.00. The van der Waals surface area contributed by atoms with Crippen molar-refractivity contribution in [3.05, 3.63) is 26.7 Å². The first kappa shape index (κ1) is 13.4. The number of nitrogens with zero attached hydrogens (tertiary/aromatic N) is 2. The van der Waals surface area contributed by atoms with Crippen molar-refractivity contribution in [3.63, 3.8) is 0 Å². The van der Waals surface area contributed by atoms with Crippen LogP contribution in [0.3, 0.4) is 0 Å². The van der Waals surface area contributed by atoms with Gasteiger partial charge in [0.25, 0.3) is 5.91 Å². The molecule has 0 aromatic carbocycles. The van der Waals surface area contributed by atoms with Gasteiger partial charge in [-0.05, 0) is 6.92 Å². The molecule has 1 amide bonds. The monoisotopic (exact) mass is 298 g/mol. The number of aryl methyl sites for hydroxylation is 1. The molecule has 0 atom stereocenters. The number of carbonyl (C=O) groups excluding carboxylic acids is 1. The smallest absolute Gasteiger partial charge is 0.355 e. The minimum atomic E-state index is -1.08. The van der Waals surface area contributed by atoms with Crippen LogP contribution >= 0.6 is 22.7 Å². The molecule has 0 radical (unpaired) electrons. The maximum absolute atomic E-state index is 11.9. The maximum atomic E-state index is 11.9. The predicted molar refractivity (Wildman–Crippen MR) is 71.5 cm³/mol. The van der Waals surface area contributed by atoms with Gasteiger partial charge in [0.1, 0.15) is 9.88 Å². The summed E-state index contributed by atoms with van der Waals surface area (Å²) in [5.41, 5.74) is 6.07. The highest BCUT2D eigenvalue weighted by Gasteiger charge is 2.15. The van der Waals surface area contributed by atoms with Crippen LogP contribution in [0.25, 0.3) is 0 Å². The van der Waals surface area contributed by atoms with Crippen molar-refractivity contribution in [2.24, 2.45) is 0 Å². The highest BCUT2D eigenvalue weighted by atomic mass is 32.1. The van der Waals surface area contributed by atoms with Crippen LogP contribution in [0.2, 0.25) is 0 Å². The number of nitrogens with one attached hydrogen (secondary N) is 1. The third-order valence-electron chi connectivity index (χ3n) is 2.19. The van der Waals surface area contributed by atoms with Crippen LogP contribution in [-0.2, 0) is 6.54 Å². The number of rotatable bonds is 4. The van der Waals surface area contributed by atoms with Crippen molar-refractivity contribution in [1.82, 2.24) is 15.3 Å². The summed E-state index contributed by atoms with van der Waals surface area (Å²) in [7, 11) is 0. The lowest BCUT2D eigenvalue weighted by molar-refractivity contribution is 0.0691. The molecule has 0 unspecified atom stereocenters. The highest BCUT2D eigenvalue weighted by Crippen LogP contribution is 2.19. The summed E-state index contributed by atoms with van der Waals surface area (Å²) in [6, 6.07) is 0. The molecule has 0 fully saturated rings. The summed E-state index contributed by atoms with van der Waals surface area (Å²) in [5, 5.41) is 13.7. The molecule has 0 saturated heterocycles. The van der Waals surface area contributed by atoms with Crippen molar-refractivity contribution in [2.75, 3.05) is 5.73 Å². The first-order chi connectivity index (χ1) is 8.97. The molecular formula is C10H10N4O3S2. The van der Waals surface area contributed by atoms with Gasteiger partial charge in [0, 0.05) is 5.38 Å². The lowest BCUT2D eigenvalue weighted by Gasteiger charge is -2.00. The molecule has 2 rings (SSSR count). The predicted octanol–water partition coefficient (Wildman–Crippen LogP) is 1.12. The van der Waals surface area contributed by atoms with E-state index in [0.717, 1.165) is 11.3 Å². The number of thiazole rings is 2. The zero-order valence-corrected chi connectivity index (χ0v) is 11.5. The normalized spacial score (nSPS) is 10.4. The van der Waals surface area contributed by atoms with E-state index in [1.165, 1.54) is 16.7 Å². The summed E-state index contributed by atoms with van der Waals surface area (Å²) >= 11 is 2.29. The molecule has 2 aromatic rings. The van der Waals surface area contributed by atoms with E-state index in [0.29, 0.717) is 20.7 Å². The summed E-state index contributed by atoms with van der Waals surface area (Å²) < 4.78 is 0. The van der Waals surface area contributed by atoms with Crippen LogP contribution in [0.15, 0.2) is 5.38 Å². The quantitative estimate of drug-likeness (QED) is 0.778. The third-order valence-corrected chi connectivity index (χ3v) is 4.02. The van der Waals surface area contributed by atoms with Gasteiger partial charge >= 0.3 is 5.97 Å². The molecule has 19 heavy (non-hydrogen) atoms. The maximum Gasteiger partial charge on any atom is 0.355 e. The van der Waals surface area contributed by atoms with E-state index in [9.17, 15) is 9.59 Å². The zero-order valence-electron chi connectivity index (χ0n) is 9.84. The number of amides is 1. The van der Waals surface area contributed by atoms with E-state index in [1.807, 2.05) is 0 Å². The number of carboxylic acids is 1. The topological polar surface area (TPSA) is 118 Å². The van der Waals surface area contributed by atoms with Gasteiger partial charge in [0.05, 0.1) is 12.2 Å². The van der Waals surface area contributed by atoms with Crippen molar-refractivity contribution in [1.29, 1.82) is 0 Å². The molecule has 0 spiro atoms. The lowest BCUT2D eigenvalue weighted by Crippen LogP contribution is -2.22. The fraction of sp³-hybridized carbons (Fsp3) is 0.200. The molecule has 7 nitrogen and oxygen atoms in total. The minimum absolute atomic E-state index is 0.0209. The van der Waals surface area contributed by atoms with Crippen LogP contribution in [0.1, 0.15) is 30.9 Å². The fourth-order valence-corrected chi connectivity index (χ4v) is 2.81. The number of carboxylic acid groups (broad SMARTS) is 1. The van der Waals surface area contributed by atoms with Gasteiger partial charge in [0.2, 0.25) is 0 Å². The molecule has 0 bridgehead atoms. The van der Waals surface area contributed by atoms with Gasteiger partial charge in [-0.2, -0.15) is 0 Å². The van der Waals surface area contributed by atoms with Gasteiger partial charge in [-0.1, -0.05) is 11.3 Å². The Balaban J connectivity index is 2.00. The van der Waals surface area contributed by atoms with Gasteiger partial charge in [-0.15, -0.1) is 11.3 Å². The van der Waals surface area contributed by atoms with Gasteiger partial charge in [-0.3, -0.25) is 4.79 Å². The van der Waals surface area contributed by atoms with E-state index in [1.54, 1.807) is 6.92 Å². The molecule has 2 aromatic heterocycles. The Morgan fingerprint density at radius 1 is 1.47 bits per heavy atom. The van der Waals surface area contributed by atoms with Crippen LogP contribution in [0, 0.1) is 6.92 Å². The van der Waals surface area contributed by atoms with Crippen molar-refractivity contribution in [2.45, 2.75) is 13.5 Å². The summed E-state index contributed by atoms with van der Waals surface area (Å²) in [5.74, 6) is -1.38. The number of nitrogen functional groups attached to an aromatic ring is 1. The second-order valence-electron chi connectivity index (χ2n) is 3.58. The SMILES string of the molecule is Cc1nc(N)sc1C(=O)NCc1nc(C(=O)O)cs1. The molecule has 0 saturated carbocycles. The number of hydrogen-bond donors (Lipinski definition) is 3. The van der Waals surface area contributed by atoms with E-state index in [4.69, 9.17) is 10.8 Å². The second kappa shape index (κ2) is 5.33. The molecule has 9 heteroatoms. The van der Waals surface area contributed by atoms with E-state index in [2.05, 4.69) is 15.3 Å².